The Labute approximate surface area is 64.9 Å². The van der Waals surface area contributed by atoms with Crippen molar-refractivity contribution >= 4 is 15.9 Å². The van der Waals surface area contributed by atoms with E-state index in [0.717, 1.165) is 11.2 Å². The van der Waals surface area contributed by atoms with Crippen LogP contribution in [-0.2, 0) is 4.74 Å². The molecule has 0 atom stereocenters. The minimum atomic E-state index is 0.207. The SMILES string of the molecule is COC1(C)CC(CBr)C1. The number of hydrogen-bond acceptors (Lipinski definition) is 1. The Morgan fingerprint density at radius 2 is 2.22 bits per heavy atom. The molecule has 0 aromatic carbocycles. The van der Waals surface area contributed by atoms with E-state index in [1.165, 1.54) is 12.8 Å². The third kappa shape index (κ3) is 1.47. The lowest BCUT2D eigenvalue weighted by atomic mass is 9.73. The molecule has 0 amide bonds. The van der Waals surface area contributed by atoms with Crippen LogP contribution in [0.5, 0.6) is 0 Å². The lowest BCUT2D eigenvalue weighted by molar-refractivity contribution is -0.0835. The molecule has 0 spiro atoms. The summed E-state index contributed by atoms with van der Waals surface area (Å²) in [6, 6.07) is 0. The third-order valence-electron chi connectivity index (χ3n) is 2.15. The first-order valence-electron chi connectivity index (χ1n) is 3.31. The van der Waals surface area contributed by atoms with Crippen molar-refractivity contribution in [1.29, 1.82) is 0 Å². The molecule has 0 aromatic heterocycles. The Bertz CT molecular complexity index is 97.1. The number of ether oxygens (including phenoxy) is 1. The lowest BCUT2D eigenvalue weighted by Gasteiger charge is -2.43. The van der Waals surface area contributed by atoms with E-state index >= 15 is 0 Å². The number of hydrogen-bond donors (Lipinski definition) is 0. The van der Waals surface area contributed by atoms with Gasteiger partial charge in [0.25, 0.3) is 0 Å². The van der Waals surface area contributed by atoms with Crippen LogP contribution in [0.15, 0.2) is 0 Å². The Morgan fingerprint density at radius 1 is 1.67 bits per heavy atom. The van der Waals surface area contributed by atoms with Crippen molar-refractivity contribution in [3.8, 4) is 0 Å². The average molecular weight is 193 g/mol. The molecule has 0 N–H and O–H groups in total. The van der Waals surface area contributed by atoms with Gasteiger partial charge in [-0.3, -0.25) is 0 Å². The molecule has 0 unspecified atom stereocenters. The molecule has 2 heteroatoms. The molecule has 1 fully saturated rings. The largest absolute Gasteiger partial charge is 0.379 e. The highest BCUT2D eigenvalue weighted by Gasteiger charge is 2.39. The first-order chi connectivity index (χ1) is 4.20. The van der Waals surface area contributed by atoms with E-state index < -0.39 is 0 Å². The van der Waals surface area contributed by atoms with E-state index in [2.05, 4.69) is 22.9 Å². The Morgan fingerprint density at radius 3 is 2.56 bits per heavy atom. The van der Waals surface area contributed by atoms with Crippen LogP contribution in [0.1, 0.15) is 19.8 Å². The Hall–Kier alpha value is 0.440. The second-order valence-electron chi connectivity index (χ2n) is 3.08. The topological polar surface area (TPSA) is 9.23 Å². The zero-order valence-corrected chi connectivity index (χ0v) is 7.57. The van der Waals surface area contributed by atoms with Crippen LogP contribution in [0.25, 0.3) is 0 Å². The van der Waals surface area contributed by atoms with Gasteiger partial charge in [-0.1, -0.05) is 15.9 Å². The molecule has 0 heterocycles. The monoisotopic (exact) mass is 192 g/mol. The molecule has 0 aromatic rings. The van der Waals surface area contributed by atoms with Gasteiger partial charge in [0.15, 0.2) is 0 Å². The molecule has 0 aliphatic heterocycles. The molecule has 1 nitrogen and oxygen atoms in total. The summed E-state index contributed by atoms with van der Waals surface area (Å²) in [4.78, 5) is 0. The quantitative estimate of drug-likeness (QED) is 0.611. The van der Waals surface area contributed by atoms with Crippen molar-refractivity contribution in [3.05, 3.63) is 0 Å². The molecule has 1 aliphatic carbocycles. The number of alkyl halides is 1. The van der Waals surface area contributed by atoms with Gasteiger partial charge in [-0.25, -0.2) is 0 Å². The van der Waals surface area contributed by atoms with Crippen LogP contribution in [0, 0.1) is 5.92 Å². The van der Waals surface area contributed by atoms with Crippen LogP contribution >= 0.6 is 15.9 Å². The second-order valence-corrected chi connectivity index (χ2v) is 3.73. The number of methoxy groups -OCH3 is 1. The van der Waals surface area contributed by atoms with Crippen molar-refractivity contribution in [2.45, 2.75) is 25.4 Å². The van der Waals surface area contributed by atoms with Crippen LogP contribution in [0.3, 0.4) is 0 Å². The van der Waals surface area contributed by atoms with Gasteiger partial charge in [-0.15, -0.1) is 0 Å². The maximum Gasteiger partial charge on any atom is 0.0656 e. The zero-order valence-electron chi connectivity index (χ0n) is 5.98. The van der Waals surface area contributed by atoms with Crippen LogP contribution in [0.4, 0.5) is 0 Å². The van der Waals surface area contributed by atoms with Crippen molar-refractivity contribution in [2.24, 2.45) is 5.92 Å². The maximum atomic E-state index is 5.28. The van der Waals surface area contributed by atoms with Crippen molar-refractivity contribution in [2.75, 3.05) is 12.4 Å². The van der Waals surface area contributed by atoms with E-state index in [0.29, 0.717) is 0 Å². The molecule has 0 radical (unpaired) electrons. The van der Waals surface area contributed by atoms with E-state index in [9.17, 15) is 0 Å². The van der Waals surface area contributed by atoms with Crippen molar-refractivity contribution in [3.63, 3.8) is 0 Å². The summed E-state index contributed by atoms with van der Waals surface area (Å²) in [5.41, 5.74) is 0.207. The average Bonchev–Trinajstić information content (AvgIpc) is 1.81. The highest BCUT2D eigenvalue weighted by molar-refractivity contribution is 9.09. The molecular formula is C7H13BrO. The molecule has 9 heavy (non-hydrogen) atoms. The third-order valence-corrected chi connectivity index (χ3v) is 3.07. The molecule has 1 saturated carbocycles. The fourth-order valence-electron chi connectivity index (χ4n) is 1.44. The van der Waals surface area contributed by atoms with Crippen LogP contribution in [0.2, 0.25) is 0 Å². The summed E-state index contributed by atoms with van der Waals surface area (Å²) < 4.78 is 5.28. The summed E-state index contributed by atoms with van der Waals surface area (Å²) >= 11 is 3.45. The first kappa shape index (κ1) is 7.55. The molecule has 54 valence electrons. The Kier molecular flexibility index (Phi) is 2.17. The van der Waals surface area contributed by atoms with Gasteiger partial charge in [0.2, 0.25) is 0 Å². The summed E-state index contributed by atoms with van der Waals surface area (Å²) in [5, 5.41) is 1.13. The normalized spacial score (nSPS) is 42.3. The molecule has 1 rings (SSSR count). The van der Waals surface area contributed by atoms with Gasteiger partial charge in [0.05, 0.1) is 5.60 Å². The standard InChI is InChI=1S/C7H13BrO/c1-7(9-2)3-6(4-7)5-8/h6H,3-5H2,1-2H3. The summed E-state index contributed by atoms with van der Waals surface area (Å²) in [7, 11) is 1.80. The van der Waals surface area contributed by atoms with E-state index in [-0.39, 0.29) is 5.60 Å². The molecule has 0 bridgehead atoms. The van der Waals surface area contributed by atoms with Gasteiger partial charge >= 0.3 is 0 Å². The van der Waals surface area contributed by atoms with Gasteiger partial charge < -0.3 is 4.74 Å². The minimum absolute atomic E-state index is 0.207. The second kappa shape index (κ2) is 2.59. The van der Waals surface area contributed by atoms with Crippen LogP contribution < -0.4 is 0 Å². The molecular weight excluding hydrogens is 180 g/mol. The van der Waals surface area contributed by atoms with Gasteiger partial charge in [-0.2, -0.15) is 0 Å². The molecule has 0 saturated heterocycles. The molecule has 1 aliphatic rings. The highest BCUT2D eigenvalue weighted by Crippen LogP contribution is 2.40. The van der Waals surface area contributed by atoms with E-state index in [1.807, 2.05) is 0 Å². The van der Waals surface area contributed by atoms with E-state index in [1.54, 1.807) is 7.11 Å². The summed E-state index contributed by atoms with van der Waals surface area (Å²) in [5.74, 6) is 0.856. The number of halogens is 1. The maximum absolute atomic E-state index is 5.28. The lowest BCUT2D eigenvalue weighted by Crippen LogP contribution is -2.43. The smallest absolute Gasteiger partial charge is 0.0656 e. The van der Waals surface area contributed by atoms with Gasteiger partial charge in [-0.05, 0) is 25.7 Å². The Balaban J connectivity index is 2.24. The minimum Gasteiger partial charge on any atom is -0.379 e. The van der Waals surface area contributed by atoms with Crippen molar-refractivity contribution in [1.82, 2.24) is 0 Å². The predicted octanol–water partition coefficient (Wildman–Crippen LogP) is 2.20. The fraction of sp³-hybridized carbons (Fsp3) is 1.00. The number of rotatable bonds is 2. The zero-order chi connectivity index (χ0) is 6.91. The van der Waals surface area contributed by atoms with Gasteiger partial charge in [0, 0.05) is 12.4 Å². The fourth-order valence-corrected chi connectivity index (χ4v) is 1.90. The van der Waals surface area contributed by atoms with Gasteiger partial charge in [0.1, 0.15) is 0 Å². The first-order valence-corrected chi connectivity index (χ1v) is 4.43. The van der Waals surface area contributed by atoms with Crippen molar-refractivity contribution < 1.29 is 4.74 Å². The van der Waals surface area contributed by atoms with E-state index in [4.69, 9.17) is 4.74 Å². The predicted molar refractivity (Wildman–Crippen MR) is 41.9 cm³/mol. The van der Waals surface area contributed by atoms with Crippen LogP contribution in [-0.4, -0.2) is 18.0 Å². The summed E-state index contributed by atoms with van der Waals surface area (Å²) in [6.45, 7) is 2.17. The summed E-state index contributed by atoms with van der Waals surface area (Å²) in [6.07, 6.45) is 2.43. The highest BCUT2D eigenvalue weighted by atomic mass is 79.9.